The molecule has 0 aliphatic carbocycles. The number of carbonyl (C=O) groups is 2. The summed E-state index contributed by atoms with van der Waals surface area (Å²) in [7, 11) is 0. The first-order valence-electron chi connectivity index (χ1n) is 9.82. The van der Waals surface area contributed by atoms with Gasteiger partial charge in [0.2, 0.25) is 5.95 Å². The molecule has 0 saturated heterocycles. The molecule has 12 nitrogen and oxygen atoms in total. The molecule has 3 rings (SSSR count). The van der Waals surface area contributed by atoms with Gasteiger partial charge in [0.25, 0.3) is 11.5 Å². The summed E-state index contributed by atoms with van der Waals surface area (Å²) < 4.78 is 0. The summed E-state index contributed by atoms with van der Waals surface area (Å²) in [4.78, 5) is 60.2. The van der Waals surface area contributed by atoms with Crippen LogP contribution < -0.4 is 21.9 Å². The number of nitrogens with one attached hydrogen (secondary N) is 3. The summed E-state index contributed by atoms with van der Waals surface area (Å²) in [6.45, 7) is 5.25. The number of nitrogens with zero attached hydrogens (tertiary/aromatic N) is 3. The van der Waals surface area contributed by atoms with Crippen LogP contribution in [-0.2, 0) is 48.8 Å². The summed E-state index contributed by atoms with van der Waals surface area (Å²) in [5.41, 5.74) is 6.61. The molecule has 0 spiro atoms. The Morgan fingerprint density at radius 2 is 1.91 bits per heavy atom. The van der Waals surface area contributed by atoms with E-state index in [0.717, 1.165) is 0 Å². The van der Waals surface area contributed by atoms with Gasteiger partial charge in [-0.2, -0.15) is 11.9 Å². The van der Waals surface area contributed by atoms with Crippen molar-refractivity contribution in [3.8, 4) is 0 Å². The molecule has 0 bridgehead atoms. The van der Waals surface area contributed by atoms with Crippen molar-refractivity contribution in [3.05, 3.63) is 59.0 Å². The monoisotopic (exact) mass is 542 g/mol. The number of H-pyrrole nitrogens is 1. The molecule has 1 aromatic carbocycles. The van der Waals surface area contributed by atoms with E-state index >= 15 is 0 Å². The Labute approximate surface area is 220 Å². The number of anilines is 2. The fourth-order valence-corrected chi connectivity index (χ4v) is 2.69. The number of carbonyl (C=O) groups excluding carboxylic acids is 2. The van der Waals surface area contributed by atoms with Crippen LogP contribution in [0, 0.1) is 6.92 Å². The molecular weight excluding hydrogens is 519 g/mol. The zero-order chi connectivity index (χ0) is 24.4. The number of hydrogen-bond donors (Lipinski definition) is 5. The van der Waals surface area contributed by atoms with E-state index < -0.39 is 23.5 Å². The predicted molar refractivity (Wildman–Crippen MR) is 121 cm³/mol. The Morgan fingerprint density at radius 3 is 2.53 bits per heavy atom. The van der Waals surface area contributed by atoms with Gasteiger partial charge in [-0.05, 0) is 30.7 Å². The molecular formula is C21H23N7O5Y-2. The number of fused-ring (bicyclic) bond motifs is 1. The third-order valence-electron chi connectivity index (χ3n) is 4.25. The largest absolute Gasteiger partial charge is 0.542 e. The summed E-state index contributed by atoms with van der Waals surface area (Å²) in [6, 6.07) is 5.13. The normalized spacial score (nSPS) is 10.8. The Morgan fingerprint density at radius 1 is 1.24 bits per heavy atom. The number of aromatic amines is 1. The van der Waals surface area contributed by atoms with Crippen molar-refractivity contribution in [1.82, 2.24) is 25.3 Å². The standard InChI is InChI=1S/C19H18N7O5.C2H5.Y/c20-19-25-15-14(17(29)26-19)23-12(9-22-15)8-21-11-5-3-10(4-6-11)16(28)24-13(18(30)31)2-1-7-27;1-2;/h3-6,9,13,21H,1-2,8H2,(H,24,28)(H,30,31)(H3,20,22,25,26,29);1H2,2H3;/q2*-1;. The fourth-order valence-electron chi connectivity index (χ4n) is 2.69. The molecule has 6 N–H and O–H groups in total. The van der Waals surface area contributed by atoms with Crippen molar-refractivity contribution in [2.45, 2.75) is 32.4 Å². The summed E-state index contributed by atoms with van der Waals surface area (Å²) in [5.74, 6) is -1.84. The van der Waals surface area contributed by atoms with E-state index in [9.17, 15) is 19.2 Å². The van der Waals surface area contributed by atoms with Crippen LogP contribution in [-0.4, -0.2) is 49.2 Å². The van der Waals surface area contributed by atoms with Crippen molar-refractivity contribution in [2.75, 3.05) is 11.1 Å². The number of nitrogen functional groups attached to an aromatic ring is 1. The number of hydrogen-bond acceptors (Lipinski definition) is 9. The molecule has 177 valence electrons. The molecule has 0 fully saturated rings. The number of aromatic nitrogens is 4. The van der Waals surface area contributed by atoms with Gasteiger partial charge in [0.15, 0.2) is 11.2 Å². The minimum Gasteiger partial charge on any atom is -0.542 e. The van der Waals surface area contributed by atoms with Gasteiger partial charge in [-0.1, -0.05) is 0 Å². The van der Waals surface area contributed by atoms with Crippen LogP contribution in [0.15, 0.2) is 35.3 Å². The molecule has 1 unspecified atom stereocenters. The number of rotatable bonds is 9. The molecule has 3 aromatic rings. The van der Waals surface area contributed by atoms with Gasteiger partial charge in [0.05, 0.1) is 18.4 Å². The number of benzene rings is 1. The zero-order valence-electron chi connectivity index (χ0n) is 18.4. The van der Waals surface area contributed by atoms with E-state index in [2.05, 4.69) is 37.5 Å². The van der Waals surface area contributed by atoms with E-state index in [4.69, 9.17) is 10.8 Å². The van der Waals surface area contributed by atoms with E-state index in [1.165, 1.54) is 18.3 Å². The molecule has 1 radical (unpaired) electrons. The minimum absolute atomic E-state index is 0. The first-order valence-corrected chi connectivity index (χ1v) is 9.82. The average Bonchev–Trinajstić information content (AvgIpc) is 2.81. The Hall–Kier alpha value is -3.25. The first-order chi connectivity index (χ1) is 15.9. The first kappa shape index (κ1) is 28.8. The van der Waals surface area contributed by atoms with E-state index in [-0.39, 0.29) is 74.8 Å². The maximum absolute atomic E-state index is 12.2. The molecule has 0 aliphatic rings. The predicted octanol–water partition coefficient (Wildman–Crippen LogP) is 0.818. The fraction of sp³-hybridized carbons (Fsp3) is 0.238. The molecule has 2 heterocycles. The summed E-state index contributed by atoms with van der Waals surface area (Å²) in [5, 5.41) is 14.6. The van der Waals surface area contributed by atoms with Crippen molar-refractivity contribution < 1.29 is 52.2 Å². The Bertz CT molecular complexity index is 1180. The molecule has 2 aromatic heterocycles. The smallest absolute Gasteiger partial charge is 0.326 e. The molecule has 34 heavy (non-hydrogen) atoms. The van der Waals surface area contributed by atoms with Crippen LogP contribution in [0.4, 0.5) is 11.6 Å². The van der Waals surface area contributed by atoms with Crippen molar-refractivity contribution >= 4 is 41.0 Å². The maximum atomic E-state index is 12.2. The molecule has 1 atom stereocenters. The van der Waals surface area contributed by atoms with Crippen LogP contribution in [0.5, 0.6) is 0 Å². The topological polar surface area (TPSA) is 193 Å². The Balaban J connectivity index is 0.00000188. The number of carboxylic acids is 1. The average molecular weight is 542 g/mol. The molecule has 1 amide bonds. The van der Waals surface area contributed by atoms with E-state index in [0.29, 0.717) is 11.4 Å². The van der Waals surface area contributed by atoms with Gasteiger partial charge in [-0.15, -0.1) is 6.42 Å². The summed E-state index contributed by atoms with van der Waals surface area (Å²) >= 11 is 0. The van der Waals surface area contributed by atoms with Crippen LogP contribution >= 0.6 is 0 Å². The zero-order valence-corrected chi connectivity index (χ0v) is 21.2. The Kier molecular flexibility index (Phi) is 11.9. The van der Waals surface area contributed by atoms with Crippen LogP contribution in [0.3, 0.4) is 0 Å². The van der Waals surface area contributed by atoms with Crippen molar-refractivity contribution in [3.63, 3.8) is 0 Å². The van der Waals surface area contributed by atoms with Gasteiger partial charge in [-0.3, -0.25) is 20.9 Å². The molecule has 13 heteroatoms. The third kappa shape index (κ3) is 7.96. The van der Waals surface area contributed by atoms with Crippen LogP contribution in [0.1, 0.15) is 35.8 Å². The number of aliphatic carboxylic acids is 1. The summed E-state index contributed by atoms with van der Waals surface area (Å²) in [6.07, 6.45) is 2.94. The van der Waals surface area contributed by atoms with Crippen LogP contribution in [0.2, 0.25) is 0 Å². The van der Waals surface area contributed by atoms with Gasteiger partial charge in [0, 0.05) is 44.0 Å². The second kappa shape index (κ2) is 14.1. The van der Waals surface area contributed by atoms with Gasteiger partial charge in [-0.25, -0.2) is 14.8 Å². The molecule has 0 aliphatic heterocycles. The van der Waals surface area contributed by atoms with Gasteiger partial charge >= 0.3 is 5.97 Å². The van der Waals surface area contributed by atoms with Gasteiger partial charge < -0.3 is 33.2 Å². The van der Waals surface area contributed by atoms with Gasteiger partial charge in [0.1, 0.15) is 6.04 Å². The second-order valence-electron chi connectivity index (χ2n) is 6.46. The van der Waals surface area contributed by atoms with E-state index in [1.807, 2.05) is 0 Å². The number of nitrogens with two attached hydrogens (primary N) is 1. The van der Waals surface area contributed by atoms with E-state index in [1.54, 1.807) is 25.3 Å². The maximum Gasteiger partial charge on any atom is 0.326 e. The van der Waals surface area contributed by atoms with Crippen molar-refractivity contribution in [2.24, 2.45) is 0 Å². The number of carboxylic acid groups (broad SMARTS) is 1. The SMILES string of the molecule is Nc1nc2ncc(CNc3ccc(C(=O)NC(CC[C-]=O)C(=O)O)cc3)nc2c(=O)[nH]1.[CH2-]C.[Y]. The second-order valence-corrected chi connectivity index (χ2v) is 6.46. The minimum atomic E-state index is -1.23. The van der Waals surface area contributed by atoms with Crippen LogP contribution in [0.25, 0.3) is 11.2 Å². The van der Waals surface area contributed by atoms with Crippen molar-refractivity contribution in [1.29, 1.82) is 0 Å². The quantitative estimate of drug-likeness (QED) is 0.242. The number of amides is 1. The third-order valence-corrected chi connectivity index (χ3v) is 4.25. The molecule has 0 saturated carbocycles.